The van der Waals surface area contributed by atoms with Gasteiger partial charge in [0.1, 0.15) is 5.60 Å². The molecule has 0 saturated carbocycles. The Bertz CT molecular complexity index is 467. The van der Waals surface area contributed by atoms with Gasteiger partial charge >= 0.3 is 6.09 Å². The van der Waals surface area contributed by atoms with Crippen molar-refractivity contribution in [3.05, 3.63) is 28.8 Å². The maximum atomic E-state index is 11.7. The second-order valence-corrected chi connectivity index (χ2v) is 6.24. The predicted molar refractivity (Wildman–Crippen MR) is 81.3 cm³/mol. The Kier molecular flexibility index (Phi) is 5.84. The van der Waals surface area contributed by atoms with E-state index in [4.69, 9.17) is 16.3 Å². The molecular weight excluding hydrogens is 278 g/mol. The third-order valence-electron chi connectivity index (χ3n) is 2.52. The molecule has 0 aromatic heterocycles. The van der Waals surface area contributed by atoms with Crippen LogP contribution in [0.3, 0.4) is 0 Å². The molecule has 0 spiro atoms. The lowest BCUT2D eigenvalue weighted by Crippen LogP contribution is -2.27. The number of benzene rings is 1. The Morgan fingerprint density at radius 3 is 2.65 bits per heavy atom. The van der Waals surface area contributed by atoms with Gasteiger partial charge in [-0.3, -0.25) is 5.32 Å². The number of aliphatic hydroxyl groups excluding tert-OH is 1. The summed E-state index contributed by atoms with van der Waals surface area (Å²) >= 11 is 6.05. The summed E-state index contributed by atoms with van der Waals surface area (Å²) in [5.41, 5.74) is 0.964. The second-order valence-electron chi connectivity index (χ2n) is 5.83. The van der Waals surface area contributed by atoms with E-state index in [0.29, 0.717) is 17.1 Å². The Balaban J connectivity index is 2.73. The molecule has 5 heteroatoms. The lowest BCUT2D eigenvalue weighted by Gasteiger charge is -2.20. The van der Waals surface area contributed by atoms with Gasteiger partial charge in [-0.25, -0.2) is 4.79 Å². The minimum atomic E-state index is -0.555. The molecule has 1 atom stereocenters. The number of halogens is 1. The van der Waals surface area contributed by atoms with E-state index in [-0.39, 0.29) is 6.10 Å². The molecule has 1 rings (SSSR count). The summed E-state index contributed by atoms with van der Waals surface area (Å²) in [5, 5.41) is 12.4. The topological polar surface area (TPSA) is 58.6 Å². The molecule has 2 N–H and O–H groups in total. The first-order valence-electron chi connectivity index (χ1n) is 6.64. The van der Waals surface area contributed by atoms with Gasteiger partial charge in [0.15, 0.2) is 0 Å². The molecule has 1 amide bonds. The van der Waals surface area contributed by atoms with E-state index in [1.54, 1.807) is 39.8 Å². The number of anilines is 1. The van der Waals surface area contributed by atoms with E-state index >= 15 is 0 Å². The first-order valence-corrected chi connectivity index (χ1v) is 7.01. The van der Waals surface area contributed by atoms with Gasteiger partial charge in [0.2, 0.25) is 0 Å². The molecule has 0 saturated heterocycles. The van der Waals surface area contributed by atoms with Gasteiger partial charge in [0, 0.05) is 0 Å². The molecule has 0 radical (unpaired) electrons. The molecule has 1 aromatic rings. The number of amides is 1. The average molecular weight is 300 g/mol. The molecule has 0 unspecified atom stereocenters. The molecular formula is C15H22ClNO3. The number of aryl methyl sites for hydroxylation is 1. The van der Waals surface area contributed by atoms with Crippen LogP contribution in [0.5, 0.6) is 0 Å². The van der Waals surface area contributed by atoms with Crippen molar-refractivity contribution in [3.63, 3.8) is 0 Å². The van der Waals surface area contributed by atoms with Crippen LogP contribution in [0.15, 0.2) is 18.2 Å². The Morgan fingerprint density at radius 2 is 2.10 bits per heavy atom. The highest BCUT2D eigenvalue weighted by atomic mass is 35.5. The fraction of sp³-hybridized carbons (Fsp3) is 0.533. The van der Waals surface area contributed by atoms with Crippen LogP contribution in [-0.4, -0.2) is 22.9 Å². The predicted octanol–water partition coefficient (Wildman–Crippen LogP) is 4.00. The van der Waals surface area contributed by atoms with Crippen LogP contribution in [0.25, 0.3) is 0 Å². The van der Waals surface area contributed by atoms with Gasteiger partial charge < -0.3 is 9.84 Å². The van der Waals surface area contributed by atoms with Crippen LogP contribution in [0, 0.1) is 0 Å². The molecule has 1 aromatic carbocycles. The largest absolute Gasteiger partial charge is 0.444 e. The van der Waals surface area contributed by atoms with Gasteiger partial charge in [-0.05, 0) is 58.2 Å². The summed E-state index contributed by atoms with van der Waals surface area (Å²) < 4.78 is 5.19. The fourth-order valence-corrected chi connectivity index (χ4v) is 1.78. The van der Waals surface area contributed by atoms with Crippen molar-refractivity contribution >= 4 is 23.4 Å². The highest BCUT2D eigenvalue weighted by Gasteiger charge is 2.17. The van der Waals surface area contributed by atoms with Crippen LogP contribution < -0.4 is 5.32 Å². The lowest BCUT2D eigenvalue weighted by atomic mass is 10.1. The third-order valence-corrected chi connectivity index (χ3v) is 2.85. The first-order chi connectivity index (χ1) is 9.17. The number of rotatable bonds is 4. The fourth-order valence-electron chi connectivity index (χ4n) is 1.61. The Labute approximate surface area is 125 Å². The number of hydrogen-bond acceptors (Lipinski definition) is 3. The zero-order valence-corrected chi connectivity index (χ0v) is 13.1. The van der Waals surface area contributed by atoms with Crippen LogP contribution >= 0.6 is 11.6 Å². The van der Waals surface area contributed by atoms with Gasteiger partial charge in [-0.1, -0.05) is 17.7 Å². The molecule has 0 aliphatic heterocycles. The number of ether oxygens (including phenoxy) is 1. The number of carbonyl (C=O) groups is 1. The van der Waals surface area contributed by atoms with E-state index in [9.17, 15) is 9.90 Å². The second kappa shape index (κ2) is 6.95. The van der Waals surface area contributed by atoms with Crippen molar-refractivity contribution in [3.8, 4) is 0 Å². The summed E-state index contributed by atoms with van der Waals surface area (Å²) in [6, 6.07) is 5.41. The molecule has 112 valence electrons. The van der Waals surface area contributed by atoms with Crippen LogP contribution in [0.2, 0.25) is 5.02 Å². The van der Waals surface area contributed by atoms with Crippen molar-refractivity contribution in [1.82, 2.24) is 0 Å². The standard InChI is InChI=1S/C15H22ClNO3/c1-10(18)5-6-11-7-8-12(16)13(9-11)17-14(19)20-15(2,3)4/h7-10,18H,5-6H2,1-4H3,(H,17,19)/t10-/m1/s1. The Hall–Kier alpha value is -1.26. The number of hydrogen-bond donors (Lipinski definition) is 2. The quantitative estimate of drug-likeness (QED) is 0.883. The van der Waals surface area contributed by atoms with Crippen molar-refractivity contribution in [2.75, 3.05) is 5.32 Å². The zero-order valence-electron chi connectivity index (χ0n) is 12.4. The maximum Gasteiger partial charge on any atom is 0.412 e. The van der Waals surface area contributed by atoms with Crippen LogP contribution in [0.1, 0.15) is 39.7 Å². The SMILES string of the molecule is C[C@@H](O)CCc1ccc(Cl)c(NC(=O)OC(C)(C)C)c1. The van der Waals surface area contributed by atoms with Crippen molar-refractivity contribution in [1.29, 1.82) is 0 Å². The van der Waals surface area contributed by atoms with Crippen LogP contribution in [-0.2, 0) is 11.2 Å². The van der Waals surface area contributed by atoms with Crippen LogP contribution in [0.4, 0.5) is 10.5 Å². The average Bonchev–Trinajstić information content (AvgIpc) is 2.27. The summed E-state index contributed by atoms with van der Waals surface area (Å²) in [4.78, 5) is 11.7. The highest BCUT2D eigenvalue weighted by molar-refractivity contribution is 6.33. The molecule has 0 bridgehead atoms. The lowest BCUT2D eigenvalue weighted by molar-refractivity contribution is 0.0636. The molecule has 4 nitrogen and oxygen atoms in total. The molecule has 20 heavy (non-hydrogen) atoms. The minimum absolute atomic E-state index is 0.354. The van der Waals surface area contributed by atoms with Gasteiger partial charge in [-0.15, -0.1) is 0 Å². The van der Waals surface area contributed by atoms with Crippen molar-refractivity contribution in [2.24, 2.45) is 0 Å². The normalized spacial score (nSPS) is 12.9. The summed E-state index contributed by atoms with van der Waals surface area (Å²) in [7, 11) is 0. The van der Waals surface area contributed by atoms with E-state index in [0.717, 1.165) is 12.0 Å². The molecule has 0 fully saturated rings. The monoisotopic (exact) mass is 299 g/mol. The summed E-state index contributed by atoms with van der Waals surface area (Å²) in [5.74, 6) is 0. The number of aliphatic hydroxyl groups is 1. The Morgan fingerprint density at radius 1 is 1.45 bits per heavy atom. The summed E-state index contributed by atoms with van der Waals surface area (Å²) in [6.07, 6.45) is 0.491. The smallest absolute Gasteiger partial charge is 0.412 e. The molecule has 0 aliphatic carbocycles. The van der Waals surface area contributed by atoms with E-state index in [2.05, 4.69) is 5.32 Å². The third kappa shape index (κ3) is 6.26. The minimum Gasteiger partial charge on any atom is -0.444 e. The highest BCUT2D eigenvalue weighted by Crippen LogP contribution is 2.24. The number of nitrogens with one attached hydrogen (secondary N) is 1. The van der Waals surface area contributed by atoms with Crippen molar-refractivity contribution < 1.29 is 14.6 Å². The van der Waals surface area contributed by atoms with Gasteiger partial charge in [0.05, 0.1) is 16.8 Å². The number of carbonyl (C=O) groups excluding carboxylic acids is 1. The van der Waals surface area contributed by atoms with Gasteiger partial charge in [0.25, 0.3) is 0 Å². The maximum absolute atomic E-state index is 11.7. The van der Waals surface area contributed by atoms with E-state index < -0.39 is 11.7 Å². The van der Waals surface area contributed by atoms with E-state index in [1.807, 2.05) is 6.07 Å². The first kappa shape index (κ1) is 16.8. The molecule has 0 heterocycles. The van der Waals surface area contributed by atoms with Gasteiger partial charge in [-0.2, -0.15) is 0 Å². The summed E-state index contributed by atoms with van der Waals surface area (Å²) in [6.45, 7) is 7.14. The van der Waals surface area contributed by atoms with E-state index in [1.165, 1.54) is 0 Å². The molecule has 0 aliphatic rings. The zero-order chi connectivity index (χ0) is 15.3. The van der Waals surface area contributed by atoms with Crippen molar-refractivity contribution in [2.45, 2.75) is 52.2 Å².